The fraction of sp³-hybridized carbons (Fsp3) is 0.889. The Balaban J connectivity index is 2.37. The van der Waals surface area contributed by atoms with Crippen LogP contribution in [0.3, 0.4) is 0 Å². The van der Waals surface area contributed by atoms with Crippen molar-refractivity contribution in [3.05, 3.63) is 0 Å². The van der Waals surface area contributed by atoms with Crippen molar-refractivity contribution < 1.29 is 9.53 Å². The van der Waals surface area contributed by atoms with Crippen LogP contribution in [0.4, 0.5) is 4.79 Å². The van der Waals surface area contributed by atoms with Gasteiger partial charge in [0.05, 0.1) is 6.61 Å². The summed E-state index contributed by atoms with van der Waals surface area (Å²) in [6.07, 6.45) is 2.69. The Morgan fingerprint density at radius 1 is 1.54 bits per heavy atom. The van der Waals surface area contributed by atoms with E-state index in [-0.39, 0.29) is 12.1 Å². The van der Waals surface area contributed by atoms with Crippen molar-refractivity contribution in [1.29, 1.82) is 0 Å². The van der Waals surface area contributed by atoms with E-state index in [0.29, 0.717) is 6.61 Å². The molecule has 0 bridgehead atoms. The van der Waals surface area contributed by atoms with E-state index in [1.54, 1.807) is 4.90 Å². The van der Waals surface area contributed by atoms with Gasteiger partial charge in [-0.1, -0.05) is 0 Å². The zero-order valence-corrected chi connectivity index (χ0v) is 8.16. The first-order valence-electron chi connectivity index (χ1n) is 4.91. The van der Waals surface area contributed by atoms with Crippen LogP contribution in [0.15, 0.2) is 0 Å². The van der Waals surface area contributed by atoms with Gasteiger partial charge in [-0.05, 0) is 26.2 Å². The summed E-state index contributed by atoms with van der Waals surface area (Å²) in [7, 11) is 0. The number of hydrogen-bond acceptors (Lipinski definition) is 3. The lowest BCUT2D eigenvalue weighted by Crippen LogP contribution is -2.33. The number of ether oxygens (including phenoxy) is 1. The molecule has 4 nitrogen and oxygen atoms in total. The lowest BCUT2D eigenvalue weighted by molar-refractivity contribution is 0.108. The highest BCUT2D eigenvalue weighted by Crippen LogP contribution is 2.09. The largest absolute Gasteiger partial charge is 0.450 e. The molecule has 1 rings (SSSR count). The van der Waals surface area contributed by atoms with Crippen LogP contribution in [0, 0.1) is 0 Å². The molecule has 0 spiro atoms. The standard InChI is InChI=1S/C9H18N2O2/c1-2-13-9(12)11-6-3-4-8(10)5-7-11/h8H,2-7,10H2,1H3. The van der Waals surface area contributed by atoms with E-state index in [1.165, 1.54) is 0 Å². The van der Waals surface area contributed by atoms with Crippen molar-refractivity contribution >= 4 is 6.09 Å². The van der Waals surface area contributed by atoms with Crippen molar-refractivity contribution in [3.63, 3.8) is 0 Å². The molecule has 1 heterocycles. The zero-order valence-electron chi connectivity index (χ0n) is 8.16. The van der Waals surface area contributed by atoms with E-state index in [1.807, 2.05) is 6.92 Å². The lowest BCUT2D eigenvalue weighted by atomic mass is 10.1. The molecule has 0 aromatic rings. The number of carbonyl (C=O) groups excluding carboxylic acids is 1. The van der Waals surface area contributed by atoms with Crippen LogP contribution in [0.1, 0.15) is 26.2 Å². The summed E-state index contributed by atoms with van der Waals surface area (Å²) in [5, 5.41) is 0. The second-order valence-electron chi connectivity index (χ2n) is 3.38. The summed E-state index contributed by atoms with van der Waals surface area (Å²) >= 11 is 0. The topological polar surface area (TPSA) is 55.6 Å². The third-order valence-electron chi connectivity index (χ3n) is 2.30. The lowest BCUT2D eigenvalue weighted by Gasteiger charge is -2.19. The Labute approximate surface area is 79.0 Å². The average molecular weight is 186 g/mol. The molecule has 1 aliphatic rings. The number of hydrogen-bond donors (Lipinski definition) is 1. The molecule has 0 radical (unpaired) electrons. The van der Waals surface area contributed by atoms with Crippen LogP contribution in [0.2, 0.25) is 0 Å². The monoisotopic (exact) mass is 186 g/mol. The molecule has 76 valence electrons. The van der Waals surface area contributed by atoms with Crippen molar-refractivity contribution in [3.8, 4) is 0 Å². The molecule has 1 unspecified atom stereocenters. The highest BCUT2D eigenvalue weighted by atomic mass is 16.6. The molecule has 1 atom stereocenters. The van der Waals surface area contributed by atoms with Crippen LogP contribution in [0.25, 0.3) is 0 Å². The number of rotatable bonds is 1. The molecule has 0 aromatic carbocycles. The normalized spacial score (nSPS) is 23.8. The number of amides is 1. The van der Waals surface area contributed by atoms with Gasteiger partial charge >= 0.3 is 6.09 Å². The smallest absolute Gasteiger partial charge is 0.409 e. The van der Waals surface area contributed by atoms with Gasteiger partial charge in [-0.25, -0.2) is 4.79 Å². The molecule has 1 saturated heterocycles. The Morgan fingerprint density at radius 2 is 2.31 bits per heavy atom. The molecular weight excluding hydrogens is 168 g/mol. The van der Waals surface area contributed by atoms with Gasteiger partial charge < -0.3 is 15.4 Å². The molecule has 1 fully saturated rings. The first kappa shape index (κ1) is 10.3. The van der Waals surface area contributed by atoms with Crippen molar-refractivity contribution in [2.75, 3.05) is 19.7 Å². The molecule has 0 aromatic heterocycles. The zero-order chi connectivity index (χ0) is 9.68. The maximum absolute atomic E-state index is 11.3. The van der Waals surface area contributed by atoms with E-state index >= 15 is 0 Å². The van der Waals surface area contributed by atoms with E-state index in [9.17, 15) is 4.79 Å². The van der Waals surface area contributed by atoms with Crippen molar-refractivity contribution in [2.24, 2.45) is 5.73 Å². The first-order valence-corrected chi connectivity index (χ1v) is 4.91. The maximum atomic E-state index is 11.3. The second kappa shape index (κ2) is 5.07. The quantitative estimate of drug-likeness (QED) is 0.663. The van der Waals surface area contributed by atoms with E-state index in [0.717, 1.165) is 32.4 Å². The molecule has 0 saturated carbocycles. The van der Waals surface area contributed by atoms with Crippen molar-refractivity contribution in [2.45, 2.75) is 32.2 Å². The fourth-order valence-corrected chi connectivity index (χ4v) is 1.52. The third-order valence-corrected chi connectivity index (χ3v) is 2.30. The van der Waals surface area contributed by atoms with Gasteiger partial charge in [-0.3, -0.25) is 0 Å². The summed E-state index contributed by atoms with van der Waals surface area (Å²) < 4.78 is 4.92. The highest BCUT2D eigenvalue weighted by molar-refractivity contribution is 5.67. The number of nitrogens with two attached hydrogens (primary N) is 1. The molecule has 1 aliphatic heterocycles. The summed E-state index contributed by atoms with van der Waals surface area (Å²) in [5.41, 5.74) is 5.79. The van der Waals surface area contributed by atoms with Gasteiger partial charge in [0.1, 0.15) is 0 Å². The van der Waals surface area contributed by atoms with Crippen LogP contribution >= 0.6 is 0 Å². The third kappa shape index (κ3) is 3.22. The van der Waals surface area contributed by atoms with E-state index < -0.39 is 0 Å². The molecule has 1 amide bonds. The first-order chi connectivity index (χ1) is 6.24. The summed E-state index contributed by atoms with van der Waals surface area (Å²) in [6, 6.07) is 0.249. The number of nitrogens with zero attached hydrogens (tertiary/aromatic N) is 1. The summed E-state index contributed by atoms with van der Waals surface area (Å²) in [4.78, 5) is 13.1. The van der Waals surface area contributed by atoms with Crippen LogP contribution < -0.4 is 5.73 Å². The maximum Gasteiger partial charge on any atom is 0.409 e. The van der Waals surface area contributed by atoms with Gasteiger partial charge in [0.25, 0.3) is 0 Å². The van der Waals surface area contributed by atoms with Crippen LogP contribution in [0.5, 0.6) is 0 Å². The minimum atomic E-state index is -0.198. The number of likely N-dealkylation sites (tertiary alicyclic amines) is 1. The highest BCUT2D eigenvalue weighted by Gasteiger charge is 2.18. The molecule has 4 heteroatoms. The van der Waals surface area contributed by atoms with Gasteiger partial charge in [-0.2, -0.15) is 0 Å². The van der Waals surface area contributed by atoms with E-state index in [2.05, 4.69) is 0 Å². The average Bonchev–Trinajstić information content (AvgIpc) is 2.30. The van der Waals surface area contributed by atoms with Gasteiger partial charge in [0.15, 0.2) is 0 Å². The Bertz CT molecular complexity index is 173. The minimum Gasteiger partial charge on any atom is -0.450 e. The molecule has 0 aliphatic carbocycles. The predicted octanol–water partition coefficient (Wildman–Crippen LogP) is 0.956. The SMILES string of the molecule is CCOC(=O)N1CCCC(N)CC1. The molecule has 13 heavy (non-hydrogen) atoms. The van der Waals surface area contributed by atoms with Gasteiger partial charge in [-0.15, -0.1) is 0 Å². The molecular formula is C9H18N2O2. The van der Waals surface area contributed by atoms with Crippen LogP contribution in [-0.4, -0.2) is 36.7 Å². The summed E-state index contributed by atoms with van der Waals surface area (Å²) in [6.45, 7) is 3.79. The summed E-state index contributed by atoms with van der Waals surface area (Å²) in [5.74, 6) is 0. The Morgan fingerprint density at radius 3 is 3.00 bits per heavy atom. The Hall–Kier alpha value is -0.770. The minimum absolute atomic E-state index is 0.198. The Kier molecular flexibility index (Phi) is 4.02. The van der Waals surface area contributed by atoms with Crippen molar-refractivity contribution in [1.82, 2.24) is 4.90 Å². The van der Waals surface area contributed by atoms with Gasteiger partial charge in [0.2, 0.25) is 0 Å². The fourth-order valence-electron chi connectivity index (χ4n) is 1.52. The second-order valence-corrected chi connectivity index (χ2v) is 3.38. The predicted molar refractivity (Wildman–Crippen MR) is 50.4 cm³/mol. The molecule has 2 N–H and O–H groups in total. The van der Waals surface area contributed by atoms with Crippen LogP contribution in [-0.2, 0) is 4.74 Å². The van der Waals surface area contributed by atoms with Gasteiger partial charge in [0, 0.05) is 19.1 Å². The number of carbonyl (C=O) groups is 1. The van der Waals surface area contributed by atoms with E-state index in [4.69, 9.17) is 10.5 Å².